The van der Waals surface area contributed by atoms with E-state index in [1.807, 2.05) is 49.3 Å². The third-order valence-electron chi connectivity index (χ3n) is 5.66. The molecule has 2 amide bonds. The van der Waals surface area contributed by atoms with Crippen LogP contribution in [0.4, 0.5) is 5.69 Å². The van der Waals surface area contributed by atoms with Crippen molar-refractivity contribution in [3.8, 4) is 0 Å². The molecule has 0 saturated heterocycles. The summed E-state index contributed by atoms with van der Waals surface area (Å²) in [7, 11) is 3.92. The summed E-state index contributed by atoms with van der Waals surface area (Å²) in [5, 5.41) is 1.70. The maximum atomic E-state index is 13.2. The number of carbonyl (C=O) groups excluding carboxylic acids is 2. The average molecular weight is 412 g/mol. The highest BCUT2D eigenvalue weighted by Gasteiger charge is 2.33. The van der Waals surface area contributed by atoms with E-state index in [0.29, 0.717) is 30.8 Å². The first-order chi connectivity index (χ1) is 14.5. The fourth-order valence-electron chi connectivity index (χ4n) is 4.14. The molecule has 7 heteroatoms. The lowest BCUT2D eigenvalue weighted by molar-refractivity contribution is 0.0603. The third kappa shape index (κ3) is 4.48. The van der Waals surface area contributed by atoms with Gasteiger partial charge in [0.15, 0.2) is 0 Å². The number of hydrogen-bond donors (Lipinski definition) is 2. The minimum atomic E-state index is -0.204. The molecule has 0 saturated carbocycles. The molecule has 3 rings (SSSR count). The zero-order chi connectivity index (χ0) is 21.7. The Labute approximate surface area is 178 Å². The summed E-state index contributed by atoms with van der Waals surface area (Å²) >= 11 is 0. The Balaban J connectivity index is 1.77. The maximum Gasteiger partial charge on any atom is 0.261 e. The largest absolute Gasteiger partial charge is 0.377 e. The Morgan fingerprint density at radius 1 is 0.833 bits per heavy atom. The Kier molecular flexibility index (Phi) is 7.42. The molecule has 2 aromatic carbocycles. The molecule has 1 aliphatic heterocycles. The molecule has 1 heterocycles. The molecule has 0 spiro atoms. The van der Waals surface area contributed by atoms with Gasteiger partial charge in [-0.25, -0.2) is 0 Å². The molecule has 4 N–H and O–H groups in total. The molecule has 0 radical (unpaired) electrons. The van der Waals surface area contributed by atoms with Crippen molar-refractivity contribution in [1.29, 1.82) is 0 Å². The van der Waals surface area contributed by atoms with Crippen LogP contribution in [-0.2, 0) is 0 Å². The zero-order valence-electron chi connectivity index (χ0n) is 18.1. The Bertz CT molecular complexity index is 882. The van der Waals surface area contributed by atoms with E-state index in [2.05, 4.69) is 4.90 Å². The van der Waals surface area contributed by atoms with Crippen LogP contribution in [0, 0.1) is 0 Å². The summed E-state index contributed by atoms with van der Waals surface area (Å²) in [6, 6.07) is 9.48. The quantitative estimate of drug-likeness (QED) is 0.548. The van der Waals surface area contributed by atoms with Crippen LogP contribution in [0.1, 0.15) is 40.0 Å². The lowest BCUT2D eigenvalue weighted by Gasteiger charge is -2.29. The second-order valence-corrected chi connectivity index (χ2v) is 8.00. The van der Waals surface area contributed by atoms with Crippen molar-refractivity contribution in [3.05, 3.63) is 41.5 Å². The van der Waals surface area contributed by atoms with Crippen molar-refractivity contribution in [2.75, 3.05) is 58.3 Å². The first-order valence-electron chi connectivity index (χ1n) is 10.7. The molecule has 30 heavy (non-hydrogen) atoms. The molecular formula is C23H33N5O2. The van der Waals surface area contributed by atoms with Gasteiger partial charge in [-0.05, 0) is 70.2 Å². The van der Waals surface area contributed by atoms with E-state index in [-0.39, 0.29) is 11.8 Å². The SMILES string of the molecule is CN(C)c1ccc2c3c(cccc13)C(=O)N(CCCN(CCCN)CCCN)C2=O. The predicted molar refractivity (Wildman–Crippen MR) is 122 cm³/mol. The molecule has 7 nitrogen and oxygen atoms in total. The Morgan fingerprint density at radius 3 is 2.03 bits per heavy atom. The van der Waals surface area contributed by atoms with E-state index < -0.39 is 0 Å². The summed E-state index contributed by atoms with van der Waals surface area (Å²) in [4.78, 5) is 32.0. The van der Waals surface area contributed by atoms with Crippen LogP contribution in [-0.4, -0.2) is 75.0 Å². The van der Waals surface area contributed by atoms with Crippen molar-refractivity contribution < 1.29 is 9.59 Å². The van der Waals surface area contributed by atoms with Gasteiger partial charge in [0.2, 0.25) is 0 Å². The van der Waals surface area contributed by atoms with E-state index in [1.165, 1.54) is 4.90 Å². The molecule has 0 bridgehead atoms. The van der Waals surface area contributed by atoms with E-state index in [1.54, 1.807) is 0 Å². The van der Waals surface area contributed by atoms with Gasteiger partial charge >= 0.3 is 0 Å². The number of imide groups is 1. The van der Waals surface area contributed by atoms with E-state index >= 15 is 0 Å². The highest BCUT2D eigenvalue weighted by Crippen LogP contribution is 2.35. The second-order valence-electron chi connectivity index (χ2n) is 8.00. The van der Waals surface area contributed by atoms with Gasteiger partial charge in [-0.3, -0.25) is 14.5 Å². The van der Waals surface area contributed by atoms with Gasteiger partial charge in [-0.2, -0.15) is 0 Å². The van der Waals surface area contributed by atoms with Gasteiger partial charge in [-0.1, -0.05) is 12.1 Å². The van der Waals surface area contributed by atoms with Crippen LogP contribution >= 0.6 is 0 Å². The summed E-state index contributed by atoms with van der Waals surface area (Å²) < 4.78 is 0. The summed E-state index contributed by atoms with van der Waals surface area (Å²) in [5.74, 6) is -0.408. The molecule has 2 aromatic rings. The van der Waals surface area contributed by atoms with E-state index in [9.17, 15) is 9.59 Å². The fourth-order valence-corrected chi connectivity index (χ4v) is 4.14. The van der Waals surface area contributed by atoms with Crippen molar-refractivity contribution >= 4 is 28.3 Å². The van der Waals surface area contributed by atoms with Gasteiger partial charge in [-0.15, -0.1) is 0 Å². The topological polar surface area (TPSA) is 95.9 Å². The number of nitrogens with zero attached hydrogens (tertiary/aromatic N) is 3. The van der Waals surface area contributed by atoms with Gasteiger partial charge < -0.3 is 21.3 Å². The minimum Gasteiger partial charge on any atom is -0.377 e. The molecule has 0 unspecified atom stereocenters. The van der Waals surface area contributed by atoms with E-state index in [4.69, 9.17) is 11.5 Å². The Morgan fingerprint density at radius 2 is 1.43 bits per heavy atom. The van der Waals surface area contributed by atoms with Crippen LogP contribution in [0.3, 0.4) is 0 Å². The number of hydrogen-bond acceptors (Lipinski definition) is 6. The number of nitrogens with two attached hydrogens (primary N) is 2. The molecule has 162 valence electrons. The number of amides is 2. The average Bonchev–Trinajstić information content (AvgIpc) is 2.75. The molecule has 0 atom stereocenters. The Hall–Kier alpha value is -2.48. The lowest BCUT2D eigenvalue weighted by Crippen LogP contribution is -2.42. The van der Waals surface area contributed by atoms with Crippen molar-refractivity contribution in [1.82, 2.24) is 9.80 Å². The second kappa shape index (κ2) is 10.0. The molecular weight excluding hydrogens is 378 g/mol. The molecule has 0 fully saturated rings. The van der Waals surface area contributed by atoms with Crippen molar-refractivity contribution in [2.45, 2.75) is 19.3 Å². The first-order valence-corrected chi connectivity index (χ1v) is 10.7. The van der Waals surface area contributed by atoms with Crippen LogP contribution in [0.5, 0.6) is 0 Å². The number of anilines is 1. The zero-order valence-corrected chi connectivity index (χ0v) is 18.1. The normalized spacial score (nSPS) is 13.6. The highest BCUT2D eigenvalue weighted by molar-refractivity contribution is 6.26. The highest BCUT2D eigenvalue weighted by atomic mass is 16.2. The number of rotatable bonds is 11. The van der Waals surface area contributed by atoms with Crippen molar-refractivity contribution in [2.24, 2.45) is 11.5 Å². The summed E-state index contributed by atoms with van der Waals surface area (Å²) in [6.07, 6.45) is 2.58. The molecule has 0 aromatic heterocycles. The van der Waals surface area contributed by atoms with Gasteiger partial charge in [0.05, 0.1) is 0 Å². The summed E-state index contributed by atoms with van der Waals surface area (Å²) in [6.45, 7) is 4.34. The van der Waals surface area contributed by atoms with Crippen LogP contribution in [0.25, 0.3) is 10.8 Å². The number of carbonyl (C=O) groups is 2. The fraction of sp³-hybridized carbons (Fsp3) is 0.478. The smallest absolute Gasteiger partial charge is 0.261 e. The van der Waals surface area contributed by atoms with Gasteiger partial charge in [0, 0.05) is 48.2 Å². The van der Waals surface area contributed by atoms with Crippen LogP contribution < -0.4 is 16.4 Å². The first kappa shape index (κ1) is 22.2. The van der Waals surface area contributed by atoms with Gasteiger partial charge in [0.1, 0.15) is 0 Å². The predicted octanol–water partition coefficient (Wildman–Crippen LogP) is 1.89. The third-order valence-corrected chi connectivity index (χ3v) is 5.66. The van der Waals surface area contributed by atoms with E-state index in [0.717, 1.165) is 55.4 Å². The molecule has 0 aliphatic carbocycles. The van der Waals surface area contributed by atoms with Crippen LogP contribution in [0.2, 0.25) is 0 Å². The minimum absolute atomic E-state index is 0.204. The van der Waals surface area contributed by atoms with Crippen molar-refractivity contribution in [3.63, 3.8) is 0 Å². The maximum absolute atomic E-state index is 13.2. The summed E-state index contributed by atoms with van der Waals surface area (Å²) in [5.41, 5.74) is 13.5. The monoisotopic (exact) mass is 411 g/mol. The standard InChI is InChI=1S/C23H33N5O2/c1-26(2)20-10-9-19-21-17(20)7-3-8-18(21)22(29)28(23(19)30)16-6-15-27(13-4-11-24)14-5-12-25/h3,7-10H,4-6,11-16,24-25H2,1-2H3. The van der Waals surface area contributed by atoms with Gasteiger partial charge in [0.25, 0.3) is 11.8 Å². The lowest BCUT2D eigenvalue weighted by atomic mass is 9.92. The van der Waals surface area contributed by atoms with Crippen LogP contribution in [0.15, 0.2) is 30.3 Å². The number of benzene rings is 2. The molecule has 1 aliphatic rings.